The molecule has 0 N–H and O–H groups in total. The van der Waals surface area contributed by atoms with Gasteiger partial charge in [-0.15, -0.1) is 12.4 Å². The molecule has 0 unspecified atom stereocenters. The van der Waals surface area contributed by atoms with Gasteiger partial charge < -0.3 is 9.47 Å². The van der Waals surface area contributed by atoms with E-state index >= 15 is 0 Å². The summed E-state index contributed by atoms with van der Waals surface area (Å²) in [6.07, 6.45) is 5.21. The van der Waals surface area contributed by atoms with Gasteiger partial charge in [-0.3, -0.25) is 4.98 Å². The molecule has 2 aromatic heterocycles. The molecular weight excluding hydrogens is 342 g/mol. The molecule has 0 radical (unpaired) electrons. The van der Waals surface area contributed by atoms with E-state index in [4.69, 9.17) is 0 Å². The van der Waals surface area contributed by atoms with Crippen molar-refractivity contribution in [2.24, 2.45) is 5.92 Å². The van der Waals surface area contributed by atoms with E-state index < -0.39 is 0 Å². The number of rotatable bonds is 3. The Hall–Kier alpha value is -2.00. The van der Waals surface area contributed by atoms with Crippen molar-refractivity contribution in [1.29, 1.82) is 0 Å². The zero-order valence-electron chi connectivity index (χ0n) is 16.1. The standard InChI is InChI=1S/C22H27N3.ClH/c1-15(2)13-25-17(4)16(3)20-11-23-12-21(22(20)25)24-10-9-18-7-5-6-8-19(18)14-24;/h5-8,11-12,15H,9-10,13-14H2,1-4H3;1H. The van der Waals surface area contributed by atoms with E-state index in [2.05, 4.69) is 72.6 Å². The fourth-order valence-corrected chi connectivity index (χ4v) is 4.09. The highest BCUT2D eigenvalue weighted by Crippen LogP contribution is 2.35. The Bertz CT molecular complexity index is 927. The third-order valence-electron chi connectivity index (χ3n) is 5.54. The Morgan fingerprint density at radius 3 is 2.54 bits per heavy atom. The zero-order valence-corrected chi connectivity index (χ0v) is 16.9. The molecule has 3 heterocycles. The molecule has 0 saturated carbocycles. The van der Waals surface area contributed by atoms with Crippen LogP contribution >= 0.6 is 12.4 Å². The van der Waals surface area contributed by atoms with Crippen LogP contribution in [0, 0.1) is 19.8 Å². The Labute approximate surface area is 162 Å². The van der Waals surface area contributed by atoms with Crippen molar-refractivity contribution in [3.63, 3.8) is 0 Å². The molecule has 4 rings (SSSR count). The summed E-state index contributed by atoms with van der Waals surface area (Å²) in [4.78, 5) is 7.09. The number of halogens is 1. The maximum Gasteiger partial charge on any atom is 0.0803 e. The minimum absolute atomic E-state index is 0. The van der Waals surface area contributed by atoms with Crippen LogP contribution in [0.4, 0.5) is 5.69 Å². The summed E-state index contributed by atoms with van der Waals surface area (Å²) in [5, 5.41) is 1.30. The van der Waals surface area contributed by atoms with Gasteiger partial charge in [-0.25, -0.2) is 0 Å². The summed E-state index contributed by atoms with van der Waals surface area (Å²) in [6, 6.07) is 8.83. The van der Waals surface area contributed by atoms with Crippen molar-refractivity contribution >= 4 is 29.0 Å². The van der Waals surface area contributed by atoms with Crippen LogP contribution in [0.15, 0.2) is 36.7 Å². The van der Waals surface area contributed by atoms with E-state index in [1.165, 1.54) is 39.0 Å². The first kappa shape index (κ1) is 18.8. The van der Waals surface area contributed by atoms with Crippen LogP contribution in [0.25, 0.3) is 10.9 Å². The number of hydrogen-bond acceptors (Lipinski definition) is 2. The predicted octanol–water partition coefficient (Wildman–Crippen LogP) is 5.29. The second-order valence-corrected chi connectivity index (χ2v) is 7.71. The van der Waals surface area contributed by atoms with Crippen molar-refractivity contribution in [2.75, 3.05) is 11.4 Å². The maximum atomic E-state index is 4.58. The minimum atomic E-state index is 0. The molecule has 3 aromatic rings. The molecule has 26 heavy (non-hydrogen) atoms. The number of nitrogens with zero attached hydrogens (tertiary/aromatic N) is 3. The number of hydrogen-bond donors (Lipinski definition) is 0. The van der Waals surface area contributed by atoms with Gasteiger partial charge in [0, 0.05) is 36.9 Å². The van der Waals surface area contributed by atoms with Crippen molar-refractivity contribution < 1.29 is 0 Å². The summed E-state index contributed by atoms with van der Waals surface area (Å²) in [6.45, 7) is 12.1. The highest BCUT2D eigenvalue weighted by atomic mass is 35.5. The van der Waals surface area contributed by atoms with Gasteiger partial charge in [0.25, 0.3) is 0 Å². The lowest BCUT2D eigenvalue weighted by atomic mass is 9.99. The van der Waals surface area contributed by atoms with Gasteiger partial charge in [0.05, 0.1) is 17.4 Å². The van der Waals surface area contributed by atoms with E-state index in [-0.39, 0.29) is 12.4 Å². The molecule has 0 amide bonds. The summed E-state index contributed by atoms with van der Waals surface area (Å²) < 4.78 is 2.51. The maximum absolute atomic E-state index is 4.58. The lowest BCUT2D eigenvalue weighted by Gasteiger charge is -2.31. The molecule has 0 spiro atoms. The third kappa shape index (κ3) is 3.09. The molecule has 0 fully saturated rings. The third-order valence-corrected chi connectivity index (χ3v) is 5.54. The molecule has 1 aliphatic heterocycles. The van der Waals surface area contributed by atoms with Gasteiger partial charge in [0.2, 0.25) is 0 Å². The first-order valence-electron chi connectivity index (χ1n) is 9.31. The van der Waals surface area contributed by atoms with Gasteiger partial charge in [-0.05, 0) is 42.9 Å². The van der Waals surface area contributed by atoms with Crippen LogP contribution in [0.2, 0.25) is 0 Å². The first-order chi connectivity index (χ1) is 12.1. The van der Waals surface area contributed by atoms with Crippen molar-refractivity contribution in [1.82, 2.24) is 9.55 Å². The number of aryl methyl sites for hydroxylation is 1. The largest absolute Gasteiger partial charge is 0.364 e. The second-order valence-electron chi connectivity index (χ2n) is 7.71. The SMILES string of the molecule is Cc1c(C)n(CC(C)C)c2c(N3CCc4ccccc4C3)cncc12.Cl. The summed E-state index contributed by atoms with van der Waals surface area (Å²) in [5.41, 5.74) is 8.31. The van der Waals surface area contributed by atoms with Crippen molar-refractivity contribution in [2.45, 2.75) is 47.2 Å². The monoisotopic (exact) mass is 369 g/mol. The molecule has 0 saturated heterocycles. The van der Waals surface area contributed by atoms with Gasteiger partial charge in [-0.2, -0.15) is 0 Å². The Kier molecular flexibility index (Phi) is 5.29. The van der Waals surface area contributed by atoms with E-state index in [1.54, 1.807) is 0 Å². The van der Waals surface area contributed by atoms with Crippen LogP contribution in [0.3, 0.4) is 0 Å². The van der Waals surface area contributed by atoms with Gasteiger partial charge >= 0.3 is 0 Å². The fourth-order valence-electron chi connectivity index (χ4n) is 4.09. The quantitative estimate of drug-likeness (QED) is 0.625. The van der Waals surface area contributed by atoms with Crippen molar-refractivity contribution in [3.8, 4) is 0 Å². The minimum Gasteiger partial charge on any atom is -0.364 e. The lowest BCUT2D eigenvalue weighted by Crippen LogP contribution is -2.30. The van der Waals surface area contributed by atoms with Crippen LogP contribution in [-0.4, -0.2) is 16.1 Å². The molecule has 3 nitrogen and oxygen atoms in total. The predicted molar refractivity (Wildman–Crippen MR) is 112 cm³/mol. The van der Waals surface area contributed by atoms with Gasteiger partial charge in [-0.1, -0.05) is 38.1 Å². The van der Waals surface area contributed by atoms with Gasteiger partial charge in [0.15, 0.2) is 0 Å². The van der Waals surface area contributed by atoms with E-state index in [0.29, 0.717) is 5.92 Å². The second kappa shape index (κ2) is 7.32. The fraction of sp³-hybridized carbons (Fsp3) is 0.409. The van der Waals surface area contributed by atoms with E-state index in [1.807, 2.05) is 6.20 Å². The smallest absolute Gasteiger partial charge is 0.0803 e. The topological polar surface area (TPSA) is 21.1 Å². The molecule has 0 atom stereocenters. The number of benzene rings is 1. The lowest BCUT2D eigenvalue weighted by molar-refractivity contribution is 0.526. The van der Waals surface area contributed by atoms with Gasteiger partial charge in [0.1, 0.15) is 0 Å². The molecule has 0 bridgehead atoms. The summed E-state index contributed by atoms with van der Waals surface area (Å²) >= 11 is 0. The Balaban J connectivity index is 0.00000196. The van der Waals surface area contributed by atoms with Crippen LogP contribution < -0.4 is 4.90 Å². The van der Waals surface area contributed by atoms with Crippen LogP contribution in [0.1, 0.15) is 36.2 Å². The molecule has 1 aromatic carbocycles. The van der Waals surface area contributed by atoms with Crippen LogP contribution in [-0.2, 0) is 19.5 Å². The highest BCUT2D eigenvalue weighted by Gasteiger charge is 2.22. The van der Waals surface area contributed by atoms with E-state index in [9.17, 15) is 0 Å². The average Bonchev–Trinajstić information content (AvgIpc) is 2.86. The summed E-state index contributed by atoms with van der Waals surface area (Å²) in [7, 11) is 0. The van der Waals surface area contributed by atoms with Crippen molar-refractivity contribution in [3.05, 3.63) is 59.0 Å². The number of fused-ring (bicyclic) bond motifs is 2. The molecule has 0 aliphatic carbocycles. The molecular formula is C22H28ClN3. The normalized spacial score (nSPS) is 13.8. The van der Waals surface area contributed by atoms with Crippen LogP contribution in [0.5, 0.6) is 0 Å². The average molecular weight is 370 g/mol. The zero-order chi connectivity index (χ0) is 17.6. The molecule has 4 heteroatoms. The van der Waals surface area contributed by atoms with E-state index in [0.717, 1.165) is 26.1 Å². The first-order valence-corrected chi connectivity index (χ1v) is 9.31. The molecule has 138 valence electrons. The number of pyridine rings is 1. The molecule has 1 aliphatic rings. The summed E-state index contributed by atoms with van der Waals surface area (Å²) in [5.74, 6) is 0.622. The highest BCUT2D eigenvalue weighted by molar-refractivity contribution is 5.94. The number of anilines is 1. The number of aromatic nitrogens is 2. The Morgan fingerprint density at radius 1 is 1.08 bits per heavy atom. The Morgan fingerprint density at radius 2 is 1.81 bits per heavy atom.